The lowest BCUT2D eigenvalue weighted by atomic mass is 10.1. The topological polar surface area (TPSA) is 15.3 Å². The number of rotatable bonds is 4. The van der Waals surface area contributed by atoms with E-state index in [1.807, 2.05) is 19.9 Å². The van der Waals surface area contributed by atoms with E-state index in [9.17, 15) is 4.39 Å². The molecule has 24 heavy (non-hydrogen) atoms. The second-order valence-corrected chi connectivity index (χ2v) is 7.15. The van der Waals surface area contributed by atoms with Gasteiger partial charge < -0.3 is 10.2 Å². The first-order valence-corrected chi connectivity index (χ1v) is 8.81. The molecule has 5 heteroatoms. The van der Waals surface area contributed by atoms with Gasteiger partial charge in [0.2, 0.25) is 0 Å². The highest BCUT2D eigenvalue weighted by Crippen LogP contribution is 2.31. The molecule has 2 aromatic carbocycles. The van der Waals surface area contributed by atoms with Crippen LogP contribution in [0, 0.1) is 19.7 Å². The molecule has 0 amide bonds. The van der Waals surface area contributed by atoms with Crippen LogP contribution in [0.1, 0.15) is 29.5 Å². The fraction of sp³-hybridized carbons (Fsp3) is 0.316. The summed E-state index contributed by atoms with van der Waals surface area (Å²) >= 11 is 12.0. The Balaban J connectivity index is 1.77. The third-order valence-electron chi connectivity index (χ3n) is 4.18. The first kappa shape index (κ1) is 17.2. The van der Waals surface area contributed by atoms with Crippen LogP contribution >= 0.6 is 23.8 Å². The number of hydrogen-bond donors (Lipinski definition) is 1. The van der Waals surface area contributed by atoms with Crippen molar-refractivity contribution in [3.8, 4) is 0 Å². The molecule has 1 N–H and O–H groups in total. The molecule has 3 rings (SSSR count). The van der Waals surface area contributed by atoms with E-state index in [4.69, 9.17) is 23.8 Å². The van der Waals surface area contributed by atoms with Crippen LogP contribution in [-0.4, -0.2) is 16.1 Å². The predicted molar refractivity (Wildman–Crippen MR) is 102 cm³/mol. The van der Waals surface area contributed by atoms with Gasteiger partial charge in [-0.1, -0.05) is 29.8 Å². The minimum Gasteiger partial charge on any atom is -0.342 e. The molecular weight excluding hydrogens is 343 g/mol. The lowest BCUT2D eigenvalue weighted by Crippen LogP contribution is -2.36. The molecule has 0 radical (unpaired) electrons. The van der Waals surface area contributed by atoms with Gasteiger partial charge in [-0.3, -0.25) is 0 Å². The van der Waals surface area contributed by atoms with E-state index in [0.29, 0.717) is 22.7 Å². The molecule has 0 bridgehead atoms. The van der Waals surface area contributed by atoms with E-state index in [2.05, 4.69) is 16.3 Å². The van der Waals surface area contributed by atoms with Crippen molar-refractivity contribution in [2.24, 2.45) is 0 Å². The summed E-state index contributed by atoms with van der Waals surface area (Å²) in [6.45, 7) is 4.70. The Morgan fingerprint density at radius 1 is 1.25 bits per heavy atom. The molecule has 2 nitrogen and oxygen atoms in total. The Labute approximate surface area is 152 Å². The van der Waals surface area contributed by atoms with Crippen molar-refractivity contribution >= 4 is 34.6 Å². The summed E-state index contributed by atoms with van der Waals surface area (Å²) in [6, 6.07) is 11.0. The van der Waals surface area contributed by atoms with Gasteiger partial charge in [-0.25, -0.2) is 4.39 Å². The minimum absolute atomic E-state index is 0.223. The number of nitrogens with one attached hydrogen (secondary N) is 1. The smallest absolute Gasteiger partial charge is 0.174 e. The zero-order valence-electron chi connectivity index (χ0n) is 13.8. The van der Waals surface area contributed by atoms with Crippen LogP contribution in [0.5, 0.6) is 0 Å². The molecule has 1 aliphatic carbocycles. The Kier molecular flexibility index (Phi) is 5.07. The van der Waals surface area contributed by atoms with Crippen LogP contribution in [0.3, 0.4) is 0 Å². The summed E-state index contributed by atoms with van der Waals surface area (Å²) in [6.07, 6.45) is 2.26. The standard InChI is InChI=1S/C19H20ClFN2S/c1-12-9-13(2)18(17(20)10-12)22-19(24)23(16-7-8-16)11-14-3-5-15(21)6-4-14/h3-6,9-10,16H,7-8,11H2,1-2H3,(H,22,24). The minimum atomic E-state index is -0.223. The molecule has 1 aliphatic rings. The van der Waals surface area contributed by atoms with Crippen molar-refractivity contribution in [2.45, 2.75) is 39.3 Å². The summed E-state index contributed by atoms with van der Waals surface area (Å²) in [7, 11) is 0. The van der Waals surface area contributed by atoms with E-state index in [1.165, 1.54) is 12.1 Å². The third-order valence-corrected chi connectivity index (χ3v) is 4.81. The Bertz CT molecular complexity index is 733. The molecule has 0 saturated heterocycles. The molecular formula is C19H20ClFN2S. The molecule has 1 saturated carbocycles. The summed E-state index contributed by atoms with van der Waals surface area (Å²) in [4.78, 5) is 2.16. The predicted octanol–water partition coefficient (Wildman–Crippen LogP) is 5.46. The number of halogens is 2. The molecule has 0 atom stereocenters. The second-order valence-electron chi connectivity index (χ2n) is 6.35. The number of hydrogen-bond acceptors (Lipinski definition) is 1. The molecule has 126 valence electrons. The van der Waals surface area contributed by atoms with E-state index >= 15 is 0 Å². The van der Waals surface area contributed by atoms with E-state index in [0.717, 1.165) is 35.2 Å². The Hall–Kier alpha value is -1.65. The maximum atomic E-state index is 13.1. The number of aryl methyl sites for hydroxylation is 2. The normalized spacial score (nSPS) is 13.7. The number of anilines is 1. The third kappa shape index (κ3) is 4.05. The van der Waals surface area contributed by atoms with Gasteiger partial charge in [-0.05, 0) is 73.8 Å². The lowest BCUT2D eigenvalue weighted by molar-refractivity contribution is 0.409. The molecule has 0 aliphatic heterocycles. The van der Waals surface area contributed by atoms with Crippen molar-refractivity contribution in [1.29, 1.82) is 0 Å². The molecule has 0 aromatic heterocycles. The SMILES string of the molecule is Cc1cc(C)c(NC(=S)N(Cc2ccc(F)cc2)C2CC2)c(Cl)c1. The van der Waals surface area contributed by atoms with Gasteiger partial charge in [-0.15, -0.1) is 0 Å². The van der Waals surface area contributed by atoms with Gasteiger partial charge in [0, 0.05) is 12.6 Å². The summed E-state index contributed by atoms with van der Waals surface area (Å²) < 4.78 is 13.1. The fourth-order valence-corrected chi connectivity index (χ4v) is 3.48. The zero-order valence-corrected chi connectivity index (χ0v) is 15.3. The molecule has 1 fully saturated rings. The van der Waals surface area contributed by atoms with Crippen molar-refractivity contribution in [3.63, 3.8) is 0 Å². The average molecular weight is 363 g/mol. The molecule has 2 aromatic rings. The summed E-state index contributed by atoms with van der Waals surface area (Å²) in [5.74, 6) is -0.223. The van der Waals surface area contributed by atoms with Gasteiger partial charge in [0.15, 0.2) is 5.11 Å². The van der Waals surface area contributed by atoms with Gasteiger partial charge in [0.25, 0.3) is 0 Å². The number of nitrogens with zero attached hydrogens (tertiary/aromatic N) is 1. The number of thiocarbonyl (C=S) groups is 1. The fourth-order valence-electron chi connectivity index (χ4n) is 2.79. The maximum Gasteiger partial charge on any atom is 0.174 e. The van der Waals surface area contributed by atoms with E-state index < -0.39 is 0 Å². The van der Waals surface area contributed by atoms with Gasteiger partial charge in [0.1, 0.15) is 5.82 Å². The van der Waals surface area contributed by atoms with Crippen molar-refractivity contribution < 1.29 is 4.39 Å². The zero-order chi connectivity index (χ0) is 17.3. The number of benzene rings is 2. The highest BCUT2D eigenvalue weighted by molar-refractivity contribution is 7.80. The van der Waals surface area contributed by atoms with Crippen molar-refractivity contribution in [3.05, 3.63) is 63.9 Å². The van der Waals surface area contributed by atoms with Crippen LogP contribution < -0.4 is 5.32 Å². The van der Waals surface area contributed by atoms with Crippen LogP contribution in [0.15, 0.2) is 36.4 Å². The molecule has 0 spiro atoms. The summed E-state index contributed by atoms with van der Waals surface area (Å²) in [5, 5.41) is 4.65. The highest BCUT2D eigenvalue weighted by Gasteiger charge is 2.31. The monoisotopic (exact) mass is 362 g/mol. The van der Waals surface area contributed by atoms with Crippen LogP contribution in [0.4, 0.5) is 10.1 Å². The lowest BCUT2D eigenvalue weighted by Gasteiger charge is -2.27. The van der Waals surface area contributed by atoms with E-state index in [-0.39, 0.29) is 5.82 Å². The maximum absolute atomic E-state index is 13.1. The second kappa shape index (κ2) is 7.08. The Morgan fingerprint density at radius 3 is 2.50 bits per heavy atom. The van der Waals surface area contributed by atoms with Gasteiger partial charge in [-0.2, -0.15) is 0 Å². The quantitative estimate of drug-likeness (QED) is 0.727. The Morgan fingerprint density at radius 2 is 1.92 bits per heavy atom. The first-order valence-electron chi connectivity index (χ1n) is 8.03. The molecule has 0 heterocycles. The van der Waals surface area contributed by atoms with Gasteiger partial charge >= 0.3 is 0 Å². The van der Waals surface area contributed by atoms with Gasteiger partial charge in [0.05, 0.1) is 10.7 Å². The van der Waals surface area contributed by atoms with Crippen LogP contribution in [-0.2, 0) is 6.54 Å². The summed E-state index contributed by atoms with van der Waals surface area (Å²) in [5.41, 5.74) is 4.09. The van der Waals surface area contributed by atoms with Crippen molar-refractivity contribution in [2.75, 3.05) is 5.32 Å². The first-order chi connectivity index (χ1) is 11.4. The molecule has 0 unspecified atom stereocenters. The van der Waals surface area contributed by atoms with E-state index in [1.54, 1.807) is 12.1 Å². The average Bonchev–Trinajstić information content (AvgIpc) is 3.34. The van der Waals surface area contributed by atoms with Crippen molar-refractivity contribution in [1.82, 2.24) is 4.90 Å². The largest absolute Gasteiger partial charge is 0.342 e. The van der Waals surface area contributed by atoms with Crippen LogP contribution in [0.2, 0.25) is 5.02 Å². The highest BCUT2D eigenvalue weighted by atomic mass is 35.5. The van der Waals surface area contributed by atoms with Crippen LogP contribution in [0.25, 0.3) is 0 Å².